The molecule has 0 fully saturated rings. The second-order valence-corrected chi connectivity index (χ2v) is 4.77. The zero-order chi connectivity index (χ0) is 13.5. The second-order valence-electron chi connectivity index (χ2n) is 3.61. The normalized spacial score (nSPS) is 9.94. The van der Waals surface area contributed by atoms with Crippen molar-refractivity contribution in [2.45, 2.75) is 19.8 Å². The Morgan fingerprint density at radius 2 is 2.06 bits per heavy atom. The SMILES string of the molecule is CCOC(=O)c1ccc(CCC(=O)OC)cc1I. The smallest absolute Gasteiger partial charge is 0.339 e. The summed E-state index contributed by atoms with van der Waals surface area (Å²) in [7, 11) is 1.37. The van der Waals surface area contributed by atoms with E-state index in [4.69, 9.17) is 4.74 Å². The lowest BCUT2D eigenvalue weighted by molar-refractivity contribution is -0.140. The van der Waals surface area contributed by atoms with Crippen LogP contribution in [-0.4, -0.2) is 25.7 Å². The fourth-order valence-electron chi connectivity index (χ4n) is 1.44. The van der Waals surface area contributed by atoms with Crippen molar-refractivity contribution in [2.75, 3.05) is 13.7 Å². The molecule has 98 valence electrons. The molecule has 1 aromatic carbocycles. The topological polar surface area (TPSA) is 52.6 Å². The number of ether oxygens (including phenoxy) is 2. The van der Waals surface area contributed by atoms with Crippen molar-refractivity contribution < 1.29 is 19.1 Å². The van der Waals surface area contributed by atoms with Crippen LogP contribution in [0.4, 0.5) is 0 Å². The third-order valence-electron chi connectivity index (χ3n) is 2.37. The molecule has 0 N–H and O–H groups in total. The van der Waals surface area contributed by atoms with Gasteiger partial charge >= 0.3 is 11.9 Å². The lowest BCUT2D eigenvalue weighted by atomic mass is 10.1. The van der Waals surface area contributed by atoms with Crippen LogP contribution >= 0.6 is 22.6 Å². The van der Waals surface area contributed by atoms with Crippen LogP contribution in [0.15, 0.2) is 18.2 Å². The molecule has 0 unspecified atom stereocenters. The Kier molecular flexibility index (Phi) is 6.11. The maximum atomic E-state index is 11.6. The summed E-state index contributed by atoms with van der Waals surface area (Å²) in [6.07, 6.45) is 0.942. The first-order valence-corrected chi connectivity index (χ1v) is 6.68. The molecule has 0 radical (unpaired) electrons. The van der Waals surface area contributed by atoms with E-state index in [2.05, 4.69) is 27.3 Å². The molecule has 5 heteroatoms. The van der Waals surface area contributed by atoms with Gasteiger partial charge in [0, 0.05) is 9.99 Å². The first-order chi connectivity index (χ1) is 8.58. The Labute approximate surface area is 120 Å². The van der Waals surface area contributed by atoms with E-state index in [1.54, 1.807) is 13.0 Å². The molecule has 0 spiro atoms. The number of benzene rings is 1. The number of carbonyl (C=O) groups excluding carboxylic acids is 2. The van der Waals surface area contributed by atoms with Gasteiger partial charge < -0.3 is 9.47 Å². The van der Waals surface area contributed by atoms with E-state index in [1.165, 1.54) is 7.11 Å². The van der Waals surface area contributed by atoms with Gasteiger partial charge in [0.15, 0.2) is 0 Å². The van der Waals surface area contributed by atoms with E-state index < -0.39 is 0 Å². The molecule has 0 saturated carbocycles. The van der Waals surface area contributed by atoms with Gasteiger partial charge in [-0.2, -0.15) is 0 Å². The lowest BCUT2D eigenvalue weighted by Gasteiger charge is -2.06. The summed E-state index contributed by atoms with van der Waals surface area (Å²) < 4.78 is 10.4. The first-order valence-electron chi connectivity index (χ1n) is 5.60. The van der Waals surface area contributed by atoms with Crippen LogP contribution in [0, 0.1) is 3.57 Å². The average molecular weight is 362 g/mol. The predicted molar refractivity (Wildman–Crippen MR) is 75.5 cm³/mol. The predicted octanol–water partition coefficient (Wildman–Crippen LogP) is 2.57. The Morgan fingerprint density at radius 3 is 2.61 bits per heavy atom. The Morgan fingerprint density at radius 1 is 1.33 bits per heavy atom. The minimum absolute atomic E-state index is 0.237. The van der Waals surface area contributed by atoms with Crippen LogP contribution in [-0.2, 0) is 20.7 Å². The van der Waals surface area contributed by atoms with Gasteiger partial charge in [0.2, 0.25) is 0 Å². The van der Waals surface area contributed by atoms with Gasteiger partial charge in [0.1, 0.15) is 0 Å². The Hall–Kier alpha value is -1.11. The van der Waals surface area contributed by atoms with Gasteiger partial charge in [0.05, 0.1) is 19.3 Å². The number of methoxy groups -OCH3 is 1. The van der Waals surface area contributed by atoms with Gasteiger partial charge in [-0.1, -0.05) is 6.07 Å². The highest BCUT2D eigenvalue weighted by Crippen LogP contribution is 2.17. The molecule has 0 aliphatic carbocycles. The van der Waals surface area contributed by atoms with Crippen molar-refractivity contribution in [3.05, 3.63) is 32.9 Å². The highest BCUT2D eigenvalue weighted by molar-refractivity contribution is 14.1. The molecule has 1 aromatic rings. The van der Waals surface area contributed by atoms with Crippen molar-refractivity contribution in [3.63, 3.8) is 0 Å². The van der Waals surface area contributed by atoms with Gasteiger partial charge in [0.25, 0.3) is 0 Å². The van der Waals surface area contributed by atoms with Crippen LogP contribution in [0.25, 0.3) is 0 Å². The summed E-state index contributed by atoms with van der Waals surface area (Å²) in [4.78, 5) is 22.6. The number of hydrogen-bond acceptors (Lipinski definition) is 4. The second kappa shape index (κ2) is 7.35. The van der Waals surface area contributed by atoms with Crippen LogP contribution in [0.5, 0.6) is 0 Å². The molecule has 0 atom stereocenters. The summed E-state index contributed by atoms with van der Waals surface area (Å²) in [6, 6.07) is 5.44. The monoisotopic (exact) mass is 362 g/mol. The van der Waals surface area contributed by atoms with Crippen molar-refractivity contribution in [3.8, 4) is 0 Å². The minimum atomic E-state index is -0.318. The molecule has 4 nitrogen and oxygen atoms in total. The maximum Gasteiger partial charge on any atom is 0.339 e. The molecule has 0 heterocycles. The molecule has 0 aromatic heterocycles. The van der Waals surface area contributed by atoms with Crippen LogP contribution in [0.2, 0.25) is 0 Å². The lowest BCUT2D eigenvalue weighted by Crippen LogP contribution is -2.07. The average Bonchev–Trinajstić information content (AvgIpc) is 2.36. The summed E-state index contributed by atoms with van der Waals surface area (Å²) in [5.74, 6) is -0.555. The first kappa shape index (κ1) is 14.9. The van der Waals surface area contributed by atoms with E-state index >= 15 is 0 Å². The van der Waals surface area contributed by atoms with E-state index in [1.807, 2.05) is 12.1 Å². The molecular formula is C13H15IO4. The largest absolute Gasteiger partial charge is 0.469 e. The molecular weight excluding hydrogens is 347 g/mol. The number of halogens is 1. The minimum Gasteiger partial charge on any atom is -0.469 e. The summed E-state index contributed by atoms with van der Waals surface area (Å²) in [5.41, 5.74) is 1.55. The number of rotatable bonds is 5. The third-order valence-corrected chi connectivity index (χ3v) is 3.27. The fraction of sp³-hybridized carbons (Fsp3) is 0.385. The highest BCUT2D eigenvalue weighted by atomic mass is 127. The maximum absolute atomic E-state index is 11.6. The van der Waals surface area contributed by atoms with Gasteiger partial charge in [-0.25, -0.2) is 4.79 Å². The zero-order valence-corrected chi connectivity index (χ0v) is 12.5. The van der Waals surface area contributed by atoms with Crippen LogP contribution < -0.4 is 0 Å². The molecule has 18 heavy (non-hydrogen) atoms. The number of carbonyl (C=O) groups is 2. The third kappa shape index (κ3) is 4.29. The van der Waals surface area contributed by atoms with Crippen LogP contribution in [0.3, 0.4) is 0 Å². The number of esters is 2. The summed E-state index contributed by atoms with van der Waals surface area (Å²) >= 11 is 2.09. The fourth-order valence-corrected chi connectivity index (χ4v) is 2.24. The molecule has 0 aliphatic rings. The Balaban J connectivity index is 2.73. The van der Waals surface area contributed by atoms with Gasteiger partial charge in [-0.05, 0) is 53.6 Å². The van der Waals surface area contributed by atoms with E-state index in [0.717, 1.165) is 9.13 Å². The van der Waals surface area contributed by atoms with Crippen LogP contribution in [0.1, 0.15) is 29.3 Å². The quantitative estimate of drug-likeness (QED) is 0.597. The molecule has 0 amide bonds. The molecule has 1 rings (SSSR count). The molecule has 0 saturated heterocycles. The molecule has 0 bridgehead atoms. The standard InChI is InChI=1S/C13H15IO4/c1-3-18-13(16)10-6-4-9(8-11(10)14)5-7-12(15)17-2/h4,6,8H,3,5,7H2,1-2H3. The number of aryl methyl sites for hydroxylation is 1. The summed E-state index contributed by atoms with van der Waals surface area (Å²) in [5, 5.41) is 0. The van der Waals surface area contributed by atoms with Crippen molar-refractivity contribution >= 4 is 34.5 Å². The van der Waals surface area contributed by atoms with Crippen molar-refractivity contribution in [2.24, 2.45) is 0 Å². The van der Waals surface area contributed by atoms with Gasteiger partial charge in [-0.15, -0.1) is 0 Å². The van der Waals surface area contributed by atoms with E-state index in [-0.39, 0.29) is 11.9 Å². The van der Waals surface area contributed by atoms with E-state index in [9.17, 15) is 9.59 Å². The van der Waals surface area contributed by atoms with Gasteiger partial charge in [-0.3, -0.25) is 4.79 Å². The van der Waals surface area contributed by atoms with Crippen molar-refractivity contribution in [1.82, 2.24) is 0 Å². The summed E-state index contributed by atoms with van der Waals surface area (Å²) in [6.45, 7) is 2.13. The highest BCUT2D eigenvalue weighted by Gasteiger charge is 2.11. The molecule has 0 aliphatic heterocycles. The van der Waals surface area contributed by atoms with Crippen molar-refractivity contribution in [1.29, 1.82) is 0 Å². The zero-order valence-electron chi connectivity index (χ0n) is 10.4. The van der Waals surface area contributed by atoms with E-state index in [0.29, 0.717) is 25.0 Å². The Bertz CT molecular complexity index is 443. The number of hydrogen-bond donors (Lipinski definition) is 0.